The molecule has 3 heteroatoms. The van der Waals surface area contributed by atoms with Crippen LogP contribution in [-0.2, 0) is 0 Å². The van der Waals surface area contributed by atoms with Crippen LogP contribution in [0.5, 0.6) is 0 Å². The van der Waals surface area contributed by atoms with E-state index < -0.39 is 0 Å². The second-order valence-electron chi connectivity index (χ2n) is 4.46. The van der Waals surface area contributed by atoms with Gasteiger partial charge >= 0.3 is 0 Å². The van der Waals surface area contributed by atoms with Crippen molar-refractivity contribution in [3.63, 3.8) is 0 Å². The van der Waals surface area contributed by atoms with Gasteiger partial charge in [-0.25, -0.2) is 0 Å². The van der Waals surface area contributed by atoms with Crippen molar-refractivity contribution in [2.45, 2.75) is 26.3 Å². The summed E-state index contributed by atoms with van der Waals surface area (Å²) in [5.74, 6) is 0. The van der Waals surface area contributed by atoms with Crippen LogP contribution < -0.4 is 10.2 Å². The Bertz CT molecular complexity index is 365. The van der Waals surface area contributed by atoms with E-state index in [9.17, 15) is 0 Å². The molecule has 2 rings (SSSR count). The van der Waals surface area contributed by atoms with Gasteiger partial charge in [-0.1, -0.05) is 24.6 Å². The quantitative estimate of drug-likeness (QED) is 0.853. The zero-order valence-corrected chi connectivity index (χ0v) is 10.7. The third-order valence-corrected chi connectivity index (χ3v) is 3.49. The molecule has 1 fully saturated rings. The predicted molar refractivity (Wildman–Crippen MR) is 70.5 cm³/mol. The highest BCUT2D eigenvalue weighted by atomic mass is 35.5. The van der Waals surface area contributed by atoms with E-state index in [4.69, 9.17) is 11.6 Å². The van der Waals surface area contributed by atoms with Crippen LogP contribution in [0.25, 0.3) is 0 Å². The highest BCUT2D eigenvalue weighted by Crippen LogP contribution is 2.27. The van der Waals surface area contributed by atoms with E-state index in [1.165, 1.54) is 17.7 Å². The molecule has 2 nitrogen and oxygen atoms in total. The second kappa shape index (κ2) is 5.07. The molecule has 1 aromatic rings. The van der Waals surface area contributed by atoms with E-state index in [0.717, 1.165) is 24.7 Å². The summed E-state index contributed by atoms with van der Waals surface area (Å²) in [6.45, 7) is 7.43. The first-order valence-corrected chi connectivity index (χ1v) is 6.33. The van der Waals surface area contributed by atoms with Crippen LogP contribution in [0, 0.1) is 6.92 Å². The zero-order chi connectivity index (χ0) is 11.5. The summed E-state index contributed by atoms with van der Waals surface area (Å²) in [5, 5.41) is 4.39. The fourth-order valence-electron chi connectivity index (χ4n) is 2.19. The molecule has 0 spiro atoms. The van der Waals surface area contributed by atoms with Gasteiger partial charge in [0.1, 0.15) is 0 Å². The lowest BCUT2D eigenvalue weighted by atomic mass is 10.1. The summed E-state index contributed by atoms with van der Waals surface area (Å²) >= 11 is 6.29. The fraction of sp³-hybridized carbons (Fsp3) is 0.538. The van der Waals surface area contributed by atoms with E-state index in [1.807, 2.05) is 6.07 Å². The molecule has 16 heavy (non-hydrogen) atoms. The van der Waals surface area contributed by atoms with E-state index in [1.54, 1.807) is 0 Å². The van der Waals surface area contributed by atoms with Gasteiger partial charge in [-0.2, -0.15) is 0 Å². The molecule has 1 N–H and O–H groups in total. The van der Waals surface area contributed by atoms with Gasteiger partial charge in [0.2, 0.25) is 0 Å². The number of rotatable bonds is 2. The smallest absolute Gasteiger partial charge is 0.0642 e. The minimum atomic E-state index is 0.589. The molecular weight excluding hydrogens is 220 g/mol. The van der Waals surface area contributed by atoms with Crippen molar-refractivity contribution in [3.05, 3.63) is 28.8 Å². The first kappa shape index (κ1) is 11.7. The lowest BCUT2D eigenvalue weighted by Crippen LogP contribution is -2.50. The van der Waals surface area contributed by atoms with Crippen LogP contribution in [0.15, 0.2) is 18.2 Å². The summed E-state index contributed by atoms with van der Waals surface area (Å²) in [6.07, 6.45) is 1.17. The van der Waals surface area contributed by atoms with Crippen LogP contribution in [0.4, 0.5) is 5.69 Å². The Kier molecular flexibility index (Phi) is 3.72. The van der Waals surface area contributed by atoms with Crippen LogP contribution in [0.3, 0.4) is 0 Å². The van der Waals surface area contributed by atoms with Crippen LogP contribution in [0.2, 0.25) is 5.02 Å². The fourth-order valence-corrected chi connectivity index (χ4v) is 2.54. The third-order valence-electron chi connectivity index (χ3n) is 3.19. The van der Waals surface area contributed by atoms with E-state index in [0.29, 0.717) is 6.04 Å². The molecular formula is C13H19ClN2. The summed E-state index contributed by atoms with van der Waals surface area (Å²) in [7, 11) is 0. The molecule has 0 aliphatic carbocycles. The number of aryl methyl sites for hydroxylation is 1. The highest BCUT2D eigenvalue weighted by molar-refractivity contribution is 6.33. The van der Waals surface area contributed by atoms with Crippen molar-refractivity contribution in [2.24, 2.45) is 0 Å². The van der Waals surface area contributed by atoms with Crippen molar-refractivity contribution in [2.75, 3.05) is 24.5 Å². The first-order chi connectivity index (χ1) is 7.70. The van der Waals surface area contributed by atoms with E-state index in [2.05, 4.69) is 36.2 Å². The maximum Gasteiger partial charge on any atom is 0.0642 e. The summed E-state index contributed by atoms with van der Waals surface area (Å²) in [4.78, 5) is 2.38. The number of nitrogens with zero attached hydrogens (tertiary/aromatic N) is 1. The molecule has 0 aromatic heterocycles. The third kappa shape index (κ3) is 2.50. The minimum Gasteiger partial charge on any atom is -0.367 e. The second-order valence-corrected chi connectivity index (χ2v) is 4.87. The number of piperazine rings is 1. The molecule has 1 unspecified atom stereocenters. The maximum absolute atomic E-state index is 6.29. The van der Waals surface area contributed by atoms with Crippen molar-refractivity contribution >= 4 is 17.3 Å². The van der Waals surface area contributed by atoms with Gasteiger partial charge in [0.25, 0.3) is 0 Å². The number of hydrogen-bond donors (Lipinski definition) is 1. The SMILES string of the molecule is CCC1CN(c2ccc(C)cc2Cl)CCN1. The number of halogens is 1. The van der Waals surface area contributed by atoms with Gasteiger partial charge in [0.05, 0.1) is 10.7 Å². The van der Waals surface area contributed by atoms with Gasteiger partial charge in [-0.3, -0.25) is 0 Å². The molecule has 0 bridgehead atoms. The monoisotopic (exact) mass is 238 g/mol. The van der Waals surface area contributed by atoms with Crippen molar-refractivity contribution < 1.29 is 0 Å². The van der Waals surface area contributed by atoms with Gasteiger partial charge in [-0.05, 0) is 31.0 Å². The molecule has 1 aliphatic rings. The largest absolute Gasteiger partial charge is 0.367 e. The molecule has 1 saturated heterocycles. The van der Waals surface area contributed by atoms with Gasteiger partial charge in [0.15, 0.2) is 0 Å². The lowest BCUT2D eigenvalue weighted by Gasteiger charge is -2.35. The van der Waals surface area contributed by atoms with Gasteiger partial charge in [0, 0.05) is 25.7 Å². The zero-order valence-electron chi connectivity index (χ0n) is 9.96. The Morgan fingerprint density at radius 2 is 2.31 bits per heavy atom. The molecule has 88 valence electrons. The Hall–Kier alpha value is -0.730. The molecule has 1 aromatic carbocycles. The average molecular weight is 239 g/mol. The van der Waals surface area contributed by atoms with Crippen LogP contribution in [-0.4, -0.2) is 25.7 Å². The van der Waals surface area contributed by atoms with Crippen LogP contribution in [0.1, 0.15) is 18.9 Å². The molecule has 0 amide bonds. The number of hydrogen-bond acceptors (Lipinski definition) is 2. The van der Waals surface area contributed by atoms with Crippen molar-refractivity contribution in [1.82, 2.24) is 5.32 Å². The summed E-state index contributed by atoms with van der Waals surface area (Å²) < 4.78 is 0. The predicted octanol–water partition coefficient (Wildman–Crippen LogP) is 2.84. The Labute approximate surface area is 103 Å². The Morgan fingerprint density at radius 3 is 3.00 bits per heavy atom. The summed E-state index contributed by atoms with van der Waals surface area (Å²) in [5.41, 5.74) is 2.39. The Morgan fingerprint density at radius 1 is 1.50 bits per heavy atom. The van der Waals surface area contributed by atoms with E-state index in [-0.39, 0.29) is 0 Å². The molecule has 0 saturated carbocycles. The van der Waals surface area contributed by atoms with E-state index >= 15 is 0 Å². The summed E-state index contributed by atoms with van der Waals surface area (Å²) in [6, 6.07) is 6.89. The van der Waals surface area contributed by atoms with Gasteiger partial charge in [-0.15, -0.1) is 0 Å². The van der Waals surface area contributed by atoms with Crippen LogP contribution >= 0.6 is 11.6 Å². The lowest BCUT2D eigenvalue weighted by molar-refractivity contribution is 0.447. The number of benzene rings is 1. The first-order valence-electron chi connectivity index (χ1n) is 5.95. The van der Waals surface area contributed by atoms with Crippen molar-refractivity contribution in [1.29, 1.82) is 0 Å². The van der Waals surface area contributed by atoms with Crippen molar-refractivity contribution in [3.8, 4) is 0 Å². The number of anilines is 1. The highest BCUT2D eigenvalue weighted by Gasteiger charge is 2.19. The normalized spacial score (nSPS) is 21.2. The minimum absolute atomic E-state index is 0.589. The molecule has 1 atom stereocenters. The average Bonchev–Trinajstić information content (AvgIpc) is 2.29. The molecule has 1 heterocycles. The number of nitrogens with one attached hydrogen (secondary N) is 1. The Balaban J connectivity index is 2.16. The molecule has 1 aliphatic heterocycles. The molecule has 0 radical (unpaired) electrons. The van der Waals surface area contributed by atoms with Gasteiger partial charge < -0.3 is 10.2 Å². The maximum atomic E-state index is 6.29. The topological polar surface area (TPSA) is 15.3 Å². The standard InChI is InChI=1S/C13H19ClN2/c1-3-11-9-16(7-6-15-11)13-5-4-10(2)8-12(13)14/h4-5,8,11,15H,3,6-7,9H2,1-2H3.